The van der Waals surface area contributed by atoms with Gasteiger partial charge in [-0.15, -0.1) is 0 Å². The minimum atomic E-state index is -0.484. The fraction of sp³-hybridized carbons (Fsp3) is 0.133. The number of halogens is 2. The topological polar surface area (TPSA) is 81.5 Å². The van der Waals surface area contributed by atoms with Crippen LogP contribution in [0.2, 0.25) is 0 Å². The monoisotopic (exact) mass is 442 g/mol. The van der Waals surface area contributed by atoms with Gasteiger partial charge in [0, 0.05) is 26.6 Å². The summed E-state index contributed by atoms with van der Waals surface area (Å²) >= 11 is 6.53. The van der Waals surface area contributed by atoms with E-state index < -0.39 is 4.92 Å². The lowest BCUT2D eigenvalue weighted by Gasteiger charge is -2.10. The molecule has 0 fully saturated rings. The van der Waals surface area contributed by atoms with E-state index in [4.69, 9.17) is 4.74 Å². The van der Waals surface area contributed by atoms with Crippen LogP contribution in [0.4, 0.5) is 11.4 Å². The van der Waals surface area contributed by atoms with Gasteiger partial charge in [-0.2, -0.15) is 0 Å². The van der Waals surface area contributed by atoms with E-state index in [2.05, 4.69) is 37.2 Å². The van der Waals surface area contributed by atoms with E-state index in [0.29, 0.717) is 25.9 Å². The summed E-state index contributed by atoms with van der Waals surface area (Å²) in [6, 6.07) is 9.55. The van der Waals surface area contributed by atoms with Crippen LogP contribution in [-0.4, -0.2) is 24.4 Å². The number of methoxy groups -OCH3 is 1. The van der Waals surface area contributed by atoms with E-state index in [9.17, 15) is 14.9 Å². The number of nitrogens with zero attached hydrogens (tertiary/aromatic N) is 1. The molecule has 0 aliphatic rings. The summed E-state index contributed by atoms with van der Waals surface area (Å²) in [5.41, 5.74) is 1.08. The summed E-state index contributed by atoms with van der Waals surface area (Å²) in [6.45, 7) is 0.0569. The number of nitro benzene ring substituents is 1. The number of benzene rings is 2. The van der Waals surface area contributed by atoms with Crippen LogP contribution in [-0.2, 0) is 0 Å². The van der Waals surface area contributed by atoms with Crippen molar-refractivity contribution in [3.05, 3.63) is 61.0 Å². The molecule has 2 aromatic rings. The average Bonchev–Trinajstić information content (AvgIpc) is 2.53. The Balaban J connectivity index is 2.10. The highest BCUT2D eigenvalue weighted by Gasteiger charge is 2.15. The van der Waals surface area contributed by atoms with Gasteiger partial charge >= 0.3 is 0 Å². The Morgan fingerprint density at radius 1 is 1.22 bits per heavy atom. The first kappa shape index (κ1) is 17.4. The second-order valence-corrected chi connectivity index (χ2v) is 6.26. The lowest BCUT2D eigenvalue weighted by molar-refractivity contribution is -0.385. The molecule has 8 heteroatoms. The number of nitrogens with one attached hydrogen (secondary N) is 1. The maximum Gasteiger partial charge on any atom is 0.271 e. The molecule has 0 aromatic heterocycles. The first-order valence-corrected chi connectivity index (χ1v) is 8.05. The number of ether oxygens (including phenoxy) is 1. The molecule has 0 heterocycles. The molecule has 2 rings (SSSR count). The molecule has 6 nitrogen and oxygen atoms in total. The maximum absolute atomic E-state index is 12.2. The predicted octanol–water partition coefficient (Wildman–Crippen LogP) is 4.42. The largest absolute Gasteiger partial charge is 0.497 e. The van der Waals surface area contributed by atoms with E-state index >= 15 is 0 Å². The third-order valence-electron chi connectivity index (χ3n) is 3.08. The molecule has 0 amide bonds. The summed E-state index contributed by atoms with van der Waals surface area (Å²) in [6.07, 6.45) is 0. The number of Topliss-reactive ketones (excluding diaryl/α,β-unsaturated/α-hetero) is 1. The van der Waals surface area contributed by atoms with Gasteiger partial charge in [0.1, 0.15) is 5.75 Å². The smallest absolute Gasteiger partial charge is 0.271 e. The van der Waals surface area contributed by atoms with Gasteiger partial charge in [-0.05, 0) is 56.1 Å². The van der Waals surface area contributed by atoms with Gasteiger partial charge in [-0.3, -0.25) is 14.9 Å². The van der Waals surface area contributed by atoms with Gasteiger partial charge in [0.2, 0.25) is 0 Å². The predicted molar refractivity (Wildman–Crippen MR) is 94.3 cm³/mol. The molecule has 120 valence electrons. The molecule has 0 aliphatic carbocycles. The lowest BCUT2D eigenvalue weighted by Crippen LogP contribution is -2.14. The van der Waals surface area contributed by atoms with Gasteiger partial charge in [-0.25, -0.2) is 0 Å². The van der Waals surface area contributed by atoms with Crippen molar-refractivity contribution in [1.29, 1.82) is 0 Å². The molecule has 0 atom stereocenters. The number of anilines is 1. The number of carbonyl (C=O) groups excluding carboxylic acids is 1. The maximum atomic E-state index is 12.2. The second-order valence-electron chi connectivity index (χ2n) is 4.55. The molecule has 23 heavy (non-hydrogen) atoms. The number of ketones is 1. The van der Waals surface area contributed by atoms with Crippen LogP contribution in [0.15, 0.2) is 45.3 Å². The molecule has 0 saturated heterocycles. The second kappa shape index (κ2) is 7.56. The van der Waals surface area contributed by atoms with E-state index in [1.165, 1.54) is 12.1 Å². The zero-order valence-corrected chi connectivity index (χ0v) is 15.2. The third-order valence-corrected chi connectivity index (χ3v) is 4.33. The van der Waals surface area contributed by atoms with Gasteiger partial charge in [-0.1, -0.05) is 0 Å². The van der Waals surface area contributed by atoms with Crippen LogP contribution in [0.1, 0.15) is 10.4 Å². The first-order chi connectivity index (χ1) is 10.9. The summed E-state index contributed by atoms with van der Waals surface area (Å²) in [7, 11) is 1.56. The molecular formula is C15H12Br2N2O4. The van der Waals surface area contributed by atoms with Gasteiger partial charge < -0.3 is 10.1 Å². The van der Waals surface area contributed by atoms with Crippen molar-refractivity contribution in [2.45, 2.75) is 0 Å². The minimum absolute atomic E-state index is 0.0456. The number of rotatable bonds is 6. The SMILES string of the molecule is COc1ccc(C(=O)CNc2c(Br)cc([N+](=O)[O-])cc2Br)cc1. The molecule has 0 bridgehead atoms. The molecule has 1 N–H and O–H groups in total. The molecule has 2 aromatic carbocycles. The molecular weight excluding hydrogens is 432 g/mol. The zero-order chi connectivity index (χ0) is 17.0. The molecule has 0 radical (unpaired) electrons. The summed E-state index contributed by atoms with van der Waals surface area (Å²) in [4.78, 5) is 22.5. The minimum Gasteiger partial charge on any atom is -0.497 e. The standard InChI is InChI=1S/C15H12Br2N2O4/c1-23-11-4-2-9(3-5-11)14(20)8-18-15-12(16)6-10(19(21)22)7-13(15)17/h2-7,18H,8H2,1H3. The molecule has 0 spiro atoms. The summed E-state index contributed by atoms with van der Waals surface area (Å²) in [5, 5.41) is 13.8. The summed E-state index contributed by atoms with van der Waals surface area (Å²) in [5.74, 6) is 0.570. The van der Waals surface area contributed by atoms with Crippen LogP contribution < -0.4 is 10.1 Å². The number of nitro groups is 1. The highest BCUT2D eigenvalue weighted by Crippen LogP contribution is 2.35. The average molecular weight is 444 g/mol. The number of hydrogen-bond donors (Lipinski definition) is 1. The van der Waals surface area contributed by atoms with Crippen molar-refractivity contribution in [2.24, 2.45) is 0 Å². The number of hydrogen-bond acceptors (Lipinski definition) is 5. The van der Waals surface area contributed by atoms with Gasteiger partial charge in [0.05, 0.1) is 24.3 Å². The van der Waals surface area contributed by atoms with Crippen molar-refractivity contribution < 1.29 is 14.5 Å². The van der Waals surface area contributed by atoms with Crippen molar-refractivity contribution in [3.63, 3.8) is 0 Å². The van der Waals surface area contributed by atoms with E-state index in [1.54, 1.807) is 31.4 Å². The Kier molecular flexibility index (Phi) is 5.73. The van der Waals surface area contributed by atoms with Crippen LogP contribution >= 0.6 is 31.9 Å². The van der Waals surface area contributed by atoms with Crippen LogP contribution in [0.5, 0.6) is 5.75 Å². The quantitative estimate of drug-likeness (QED) is 0.406. The highest BCUT2D eigenvalue weighted by atomic mass is 79.9. The fourth-order valence-corrected chi connectivity index (χ4v) is 3.32. The van der Waals surface area contributed by atoms with Crippen LogP contribution in [0.25, 0.3) is 0 Å². The molecule has 0 unspecified atom stereocenters. The Morgan fingerprint density at radius 2 is 1.78 bits per heavy atom. The Morgan fingerprint density at radius 3 is 2.26 bits per heavy atom. The third kappa shape index (κ3) is 4.29. The van der Waals surface area contributed by atoms with Gasteiger partial charge in [0.25, 0.3) is 5.69 Å². The Hall–Kier alpha value is -1.93. The van der Waals surface area contributed by atoms with Crippen LogP contribution in [0.3, 0.4) is 0 Å². The first-order valence-electron chi connectivity index (χ1n) is 6.47. The zero-order valence-electron chi connectivity index (χ0n) is 12.0. The molecule has 0 aliphatic heterocycles. The number of carbonyl (C=O) groups is 1. The van der Waals surface area contributed by atoms with Gasteiger partial charge in [0.15, 0.2) is 5.78 Å². The van der Waals surface area contributed by atoms with Crippen LogP contribution in [0, 0.1) is 10.1 Å². The normalized spacial score (nSPS) is 10.2. The van der Waals surface area contributed by atoms with Crippen molar-refractivity contribution in [3.8, 4) is 5.75 Å². The fourth-order valence-electron chi connectivity index (χ4n) is 1.88. The highest BCUT2D eigenvalue weighted by molar-refractivity contribution is 9.11. The molecule has 0 saturated carbocycles. The number of non-ortho nitro benzene ring substituents is 1. The van der Waals surface area contributed by atoms with E-state index in [-0.39, 0.29) is 18.0 Å². The van der Waals surface area contributed by atoms with E-state index in [1.807, 2.05) is 0 Å². The van der Waals surface area contributed by atoms with E-state index in [0.717, 1.165) is 0 Å². The summed E-state index contributed by atoms with van der Waals surface area (Å²) < 4.78 is 6.05. The van der Waals surface area contributed by atoms with Crippen molar-refractivity contribution in [1.82, 2.24) is 0 Å². The Labute approximate surface area is 149 Å². The van der Waals surface area contributed by atoms with Crippen molar-refractivity contribution in [2.75, 3.05) is 19.0 Å². The van der Waals surface area contributed by atoms with Crippen molar-refractivity contribution >= 4 is 49.0 Å². The Bertz CT molecular complexity index is 725. The lowest BCUT2D eigenvalue weighted by atomic mass is 10.1.